The SMILES string of the molecule is CC(=O)c1ccc(N(Cc2coc(-c3ccc(Br)cc3)n2)S(C)(=O)=O)cc1. The molecule has 0 aliphatic carbocycles. The van der Waals surface area contributed by atoms with Gasteiger partial charge in [0.05, 0.1) is 18.5 Å². The number of carbonyl (C=O) groups is 1. The predicted molar refractivity (Wildman–Crippen MR) is 107 cm³/mol. The third-order valence-electron chi connectivity index (χ3n) is 3.91. The van der Waals surface area contributed by atoms with Crippen LogP contribution in [0.2, 0.25) is 0 Å². The molecule has 0 amide bonds. The number of ketones is 1. The maximum Gasteiger partial charge on any atom is 0.232 e. The molecule has 0 bridgehead atoms. The van der Waals surface area contributed by atoms with E-state index in [0.717, 1.165) is 16.3 Å². The van der Waals surface area contributed by atoms with E-state index in [0.29, 0.717) is 22.8 Å². The molecule has 140 valence electrons. The second-order valence-electron chi connectivity index (χ2n) is 6.02. The quantitative estimate of drug-likeness (QED) is 0.525. The van der Waals surface area contributed by atoms with Crippen LogP contribution in [0.5, 0.6) is 0 Å². The van der Waals surface area contributed by atoms with Crippen molar-refractivity contribution >= 4 is 37.4 Å². The van der Waals surface area contributed by atoms with Crippen LogP contribution in [0.15, 0.2) is 63.7 Å². The Morgan fingerprint density at radius 1 is 1.11 bits per heavy atom. The van der Waals surface area contributed by atoms with Crippen LogP contribution in [-0.2, 0) is 16.6 Å². The minimum atomic E-state index is -3.55. The molecule has 0 fully saturated rings. The van der Waals surface area contributed by atoms with Crippen molar-refractivity contribution in [1.29, 1.82) is 0 Å². The lowest BCUT2D eigenvalue weighted by atomic mass is 10.1. The van der Waals surface area contributed by atoms with E-state index < -0.39 is 10.0 Å². The number of hydrogen-bond acceptors (Lipinski definition) is 5. The van der Waals surface area contributed by atoms with E-state index in [9.17, 15) is 13.2 Å². The third kappa shape index (κ3) is 4.64. The number of nitrogens with zero attached hydrogens (tertiary/aromatic N) is 2. The van der Waals surface area contributed by atoms with Crippen LogP contribution >= 0.6 is 15.9 Å². The maximum atomic E-state index is 12.3. The highest BCUT2D eigenvalue weighted by molar-refractivity contribution is 9.10. The van der Waals surface area contributed by atoms with Crippen molar-refractivity contribution < 1.29 is 17.6 Å². The smallest absolute Gasteiger partial charge is 0.232 e. The predicted octanol–water partition coefficient (Wildman–Crippen LogP) is 4.27. The van der Waals surface area contributed by atoms with E-state index in [-0.39, 0.29) is 12.3 Å². The average molecular weight is 449 g/mol. The highest BCUT2D eigenvalue weighted by Crippen LogP contribution is 2.24. The van der Waals surface area contributed by atoms with Crippen LogP contribution in [0.4, 0.5) is 5.69 Å². The van der Waals surface area contributed by atoms with E-state index in [1.807, 2.05) is 24.3 Å². The minimum absolute atomic E-state index is 0.0261. The highest BCUT2D eigenvalue weighted by Gasteiger charge is 2.20. The molecule has 0 aliphatic heterocycles. The Hall–Kier alpha value is -2.45. The number of sulfonamides is 1. The number of anilines is 1. The third-order valence-corrected chi connectivity index (χ3v) is 5.58. The van der Waals surface area contributed by atoms with Gasteiger partial charge >= 0.3 is 0 Å². The first kappa shape index (κ1) is 19.3. The number of aromatic nitrogens is 1. The lowest BCUT2D eigenvalue weighted by Gasteiger charge is -2.21. The monoisotopic (exact) mass is 448 g/mol. The van der Waals surface area contributed by atoms with Gasteiger partial charge in [0.2, 0.25) is 15.9 Å². The van der Waals surface area contributed by atoms with E-state index in [4.69, 9.17) is 4.42 Å². The standard InChI is InChI=1S/C19H17BrN2O4S/c1-13(23)14-5-9-18(10-6-14)22(27(2,24)25)11-17-12-26-19(21-17)15-3-7-16(20)8-4-15/h3-10,12H,11H2,1-2H3. The molecular weight excluding hydrogens is 432 g/mol. The van der Waals surface area contributed by atoms with Crippen molar-refractivity contribution in [3.8, 4) is 11.5 Å². The van der Waals surface area contributed by atoms with Crippen LogP contribution in [0.1, 0.15) is 23.0 Å². The Balaban J connectivity index is 1.88. The molecule has 6 nitrogen and oxygen atoms in total. The Labute approximate surface area is 166 Å². The molecule has 3 aromatic rings. The van der Waals surface area contributed by atoms with Gasteiger partial charge in [-0.05, 0) is 55.5 Å². The van der Waals surface area contributed by atoms with E-state index in [1.54, 1.807) is 24.3 Å². The number of benzene rings is 2. The topological polar surface area (TPSA) is 80.5 Å². The number of carbonyl (C=O) groups excluding carboxylic acids is 1. The largest absolute Gasteiger partial charge is 0.444 e. The first-order valence-electron chi connectivity index (χ1n) is 8.03. The molecule has 8 heteroatoms. The van der Waals surface area contributed by atoms with Crippen molar-refractivity contribution in [1.82, 2.24) is 4.98 Å². The molecule has 2 aromatic carbocycles. The number of oxazole rings is 1. The molecule has 0 saturated carbocycles. The fraction of sp³-hybridized carbons (Fsp3) is 0.158. The number of hydrogen-bond donors (Lipinski definition) is 0. The summed E-state index contributed by atoms with van der Waals surface area (Å²) >= 11 is 3.37. The van der Waals surface area contributed by atoms with Gasteiger partial charge in [-0.25, -0.2) is 13.4 Å². The molecule has 0 aliphatic rings. The second-order valence-corrected chi connectivity index (χ2v) is 8.85. The summed E-state index contributed by atoms with van der Waals surface area (Å²) < 4.78 is 32.2. The molecule has 0 radical (unpaired) electrons. The highest BCUT2D eigenvalue weighted by atomic mass is 79.9. The van der Waals surface area contributed by atoms with Gasteiger partial charge in [-0.1, -0.05) is 15.9 Å². The van der Waals surface area contributed by atoms with Crippen molar-refractivity contribution in [2.45, 2.75) is 13.5 Å². The van der Waals surface area contributed by atoms with Gasteiger partial charge in [0.1, 0.15) is 12.0 Å². The van der Waals surface area contributed by atoms with Crippen LogP contribution in [0, 0.1) is 0 Å². The number of halogens is 1. The van der Waals surface area contributed by atoms with E-state index in [1.165, 1.54) is 17.5 Å². The summed E-state index contributed by atoms with van der Waals surface area (Å²) in [5, 5.41) is 0. The molecule has 0 saturated heterocycles. The lowest BCUT2D eigenvalue weighted by Crippen LogP contribution is -2.29. The second kappa shape index (κ2) is 7.66. The van der Waals surface area contributed by atoms with Gasteiger partial charge in [-0.15, -0.1) is 0 Å². The van der Waals surface area contributed by atoms with Gasteiger partial charge in [0.25, 0.3) is 0 Å². The molecule has 27 heavy (non-hydrogen) atoms. The summed E-state index contributed by atoms with van der Waals surface area (Å²) in [5.74, 6) is 0.334. The first-order valence-corrected chi connectivity index (χ1v) is 10.7. The molecule has 0 spiro atoms. The molecule has 1 aromatic heterocycles. The average Bonchev–Trinajstić information content (AvgIpc) is 3.08. The Morgan fingerprint density at radius 3 is 2.30 bits per heavy atom. The van der Waals surface area contributed by atoms with Crippen molar-refractivity contribution in [3.05, 3.63) is 70.5 Å². The molecule has 3 rings (SSSR count). The molecule has 1 heterocycles. The lowest BCUT2D eigenvalue weighted by molar-refractivity contribution is 0.101. The van der Waals surface area contributed by atoms with Gasteiger partial charge in [-0.2, -0.15) is 0 Å². The van der Waals surface area contributed by atoms with Crippen LogP contribution < -0.4 is 4.31 Å². The summed E-state index contributed by atoms with van der Waals surface area (Å²) in [6.45, 7) is 1.49. The summed E-state index contributed by atoms with van der Waals surface area (Å²) in [7, 11) is -3.55. The fourth-order valence-corrected chi connectivity index (χ4v) is 3.65. The zero-order chi connectivity index (χ0) is 19.6. The van der Waals surface area contributed by atoms with Crippen LogP contribution in [0.25, 0.3) is 11.5 Å². The normalized spacial score (nSPS) is 11.4. The van der Waals surface area contributed by atoms with E-state index in [2.05, 4.69) is 20.9 Å². The number of rotatable bonds is 6. The maximum absolute atomic E-state index is 12.3. The first-order chi connectivity index (χ1) is 12.7. The number of Topliss-reactive ketones (excluding diaryl/α,β-unsaturated/α-hetero) is 1. The molecule has 0 atom stereocenters. The Morgan fingerprint density at radius 2 is 1.74 bits per heavy atom. The zero-order valence-electron chi connectivity index (χ0n) is 14.7. The van der Waals surface area contributed by atoms with Gasteiger partial charge in [-0.3, -0.25) is 9.10 Å². The van der Waals surface area contributed by atoms with E-state index >= 15 is 0 Å². The minimum Gasteiger partial charge on any atom is -0.444 e. The molecule has 0 N–H and O–H groups in total. The Kier molecular flexibility index (Phi) is 5.48. The molecular formula is C19H17BrN2O4S. The summed E-state index contributed by atoms with van der Waals surface area (Å²) in [6, 6.07) is 13.9. The molecule has 0 unspecified atom stereocenters. The van der Waals surface area contributed by atoms with Gasteiger partial charge in [0, 0.05) is 15.6 Å². The van der Waals surface area contributed by atoms with Crippen molar-refractivity contribution in [3.63, 3.8) is 0 Å². The zero-order valence-corrected chi connectivity index (χ0v) is 17.1. The summed E-state index contributed by atoms with van der Waals surface area (Å²) in [4.78, 5) is 15.8. The van der Waals surface area contributed by atoms with Crippen molar-refractivity contribution in [2.75, 3.05) is 10.6 Å². The Bertz CT molecular complexity index is 1060. The fourth-order valence-electron chi connectivity index (χ4n) is 2.51. The van der Waals surface area contributed by atoms with Crippen LogP contribution in [0.3, 0.4) is 0 Å². The summed E-state index contributed by atoms with van der Waals surface area (Å²) in [6.07, 6.45) is 2.57. The van der Waals surface area contributed by atoms with Gasteiger partial charge < -0.3 is 4.42 Å². The van der Waals surface area contributed by atoms with Gasteiger partial charge in [0.15, 0.2) is 5.78 Å². The van der Waals surface area contributed by atoms with Crippen molar-refractivity contribution in [2.24, 2.45) is 0 Å². The summed E-state index contributed by atoms with van der Waals surface area (Å²) in [5.41, 5.74) is 2.25. The van der Waals surface area contributed by atoms with Crippen LogP contribution in [-0.4, -0.2) is 25.4 Å².